The molecule has 2 N–H and O–H groups in total. The van der Waals surface area contributed by atoms with Crippen LogP contribution in [0.1, 0.15) is 25.3 Å². The standard InChI is InChI=1S/C26H29F2N5O2S/c1-2-18-3-6-21(7-4-18)33-16-20(14-30-33)19-5-8-24-23(13-19)25(15-29-24)31-36(34,35)22-9-11-32(12-10-22)17-26(27)28/h3-8,13-16,22,26,29,31H,2,9-12,17H2,1H3. The number of H-pyrrole nitrogens is 1. The Morgan fingerprint density at radius 3 is 2.56 bits per heavy atom. The Labute approximate surface area is 209 Å². The molecular weight excluding hydrogens is 484 g/mol. The molecule has 0 atom stereocenters. The molecule has 1 aliphatic rings. The van der Waals surface area contributed by atoms with E-state index in [1.54, 1.807) is 17.3 Å². The van der Waals surface area contributed by atoms with Crippen molar-refractivity contribution in [3.63, 3.8) is 0 Å². The summed E-state index contributed by atoms with van der Waals surface area (Å²) >= 11 is 0. The number of aromatic amines is 1. The largest absolute Gasteiger partial charge is 0.359 e. The van der Waals surface area contributed by atoms with E-state index < -0.39 is 21.7 Å². The SMILES string of the molecule is CCc1ccc(-n2cc(-c3ccc4[nH]cc(NS(=O)(=O)C5CCN(CC(F)F)CC5)c4c3)cn2)cc1. The molecule has 0 radical (unpaired) electrons. The summed E-state index contributed by atoms with van der Waals surface area (Å²) in [5, 5.41) is 4.64. The summed E-state index contributed by atoms with van der Waals surface area (Å²) in [6, 6.07) is 14.1. The Hall–Kier alpha value is -3.24. The first kappa shape index (κ1) is 24.5. The zero-order valence-electron chi connectivity index (χ0n) is 20.0. The van der Waals surface area contributed by atoms with Gasteiger partial charge in [0.15, 0.2) is 0 Å². The first-order valence-corrected chi connectivity index (χ1v) is 13.6. The van der Waals surface area contributed by atoms with Gasteiger partial charge in [0.2, 0.25) is 10.0 Å². The van der Waals surface area contributed by atoms with E-state index in [0.717, 1.165) is 34.1 Å². The van der Waals surface area contributed by atoms with Gasteiger partial charge in [0.25, 0.3) is 6.43 Å². The van der Waals surface area contributed by atoms with Crippen LogP contribution in [-0.2, 0) is 16.4 Å². The molecule has 0 spiro atoms. The maximum atomic E-state index is 13.1. The number of alkyl halides is 2. The molecule has 0 bridgehead atoms. The summed E-state index contributed by atoms with van der Waals surface area (Å²) in [5.74, 6) is 0. The van der Waals surface area contributed by atoms with Crippen molar-refractivity contribution in [1.29, 1.82) is 0 Å². The second kappa shape index (κ2) is 10.0. The third-order valence-electron chi connectivity index (χ3n) is 6.83. The molecule has 0 aliphatic carbocycles. The topological polar surface area (TPSA) is 83.0 Å². The van der Waals surface area contributed by atoms with Gasteiger partial charge >= 0.3 is 0 Å². The smallest absolute Gasteiger partial charge is 0.251 e. The van der Waals surface area contributed by atoms with Crippen LogP contribution in [0.5, 0.6) is 0 Å². The lowest BCUT2D eigenvalue weighted by molar-refractivity contribution is 0.0793. The summed E-state index contributed by atoms with van der Waals surface area (Å²) in [5.41, 5.74) is 5.35. The van der Waals surface area contributed by atoms with Crippen molar-refractivity contribution in [2.75, 3.05) is 24.4 Å². The van der Waals surface area contributed by atoms with Gasteiger partial charge in [0, 0.05) is 28.9 Å². The second-order valence-corrected chi connectivity index (χ2v) is 11.2. The van der Waals surface area contributed by atoms with Crippen LogP contribution in [0.2, 0.25) is 0 Å². The zero-order chi connectivity index (χ0) is 25.3. The molecule has 0 unspecified atom stereocenters. The highest BCUT2D eigenvalue weighted by molar-refractivity contribution is 7.93. The van der Waals surface area contributed by atoms with Crippen molar-refractivity contribution in [2.24, 2.45) is 0 Å². The number of aryl methyl sites for hydroxylation is 1. The number of nitrogens with one attached hydrogen (secondary N) is 2. The fourth-order valence-electron chi connectivity index (χ4n) is 4.72. The van der Waals surface area contributed by atoms with Gasteiger partial charge in [-0.15, -0.1) is 0 Å². The van der Waals surface area contributed by atoms with Gasteiger partial charge < -0.3 is 4.98 Å². The third kappa shape index (κ3) is 5.15. The second-order valence-electron chi connectivity index (χ2n) is 9.19. The van der Waals surface area contributed by atoms with Gasteiger partial charge in [0.05, 0.1) is 29.4 Å². The van der Waals surface area contributed by atoms with Crippen LogP contribution in [0.25, 0.3) is 27.7 Å². The summed E-state index contributed by atoms with van der Waals surface area (Å²) in [7, 11) is -3.67. The van der Waals surface area contributed by atoms with Crippen LogP contribution < -0.4 is 4.72 Å². The van der Waals surface area contributed by atoms with Crippen molar-refractivity contribution < 1.29 is 17.2 Å². The number of hydrogen-bond acceptors (Lipinski definition) is 4. The van der Waals surface area contributed by atoms with Crippen molar-refractivity contribution in [3.8, 4) is 16.8 Å². The molecule has 5 rings (SSSR count). The first-order chi connectivity index (χ1) is 17.3. The molecule has 36 heavy (non-hydrogen) atoms. The van der Waals surface area contributed by atoms with E-state index in [4.69, 9.17) is 0 Å². The lowest BCUT2D eigenvalue weighted by atomic mass is 10.1. The summed E-state index contributed by atoms with van der Waals surface area (Å²) in [6.07, 6.45) is 4.61. The minimum Gasteiger partial charge on any atom is -0.359 e. The van der Waals surface area contributed by atoms with E-state index >= 15 is 0 Å². The highest BCUT2D eigenvalue weighted by Gasteiger charge is 2.31. The molecular formula is C26H29F2N5O2S. The van der Waals surface area contributed by atoms with E-state index in [1.807, 2.05) is 41.2 Å². The Morgan fingerprint density at radius 1 is 1.11 bits per heavy atom. The maximum Gasteiger partial charge on any atom is 0.251 e. The fraction of sp³-hybridized carbons (Fsp3) is 0.346. The van der Waals surface area contributed by atoms with Crippen molar-refractivity contribution >= 4 is 26.6 Å². The molecule has 0 amide bonds. The van der Waals surface area contributed by atoms with Crippen molar-refractivity contribution in [2.45, 2.75) is 37.9 Å². The monoisotopic (exact) mass is 513 g/mol. The number of piperidine rings is 1. The van der Waals surface area contributed by atoms with Crippen LogP contribution in [0.15, 0.2) is 61.1 Å². The molecule has 0 saturated carbocycles. The Morgan fingerprint density at radius 2 is 1.86 bits per heavy atom. The Kier molecular flexibility index (Phi) is 6.81. The number of sulfonamides is 1. The number of fused-ring (bicyclic) bond motifs is 1. The first-order valence-electron chi connectivity index (χ1n) is 12.1. The summed E-state index contributed by atoms with van der Waals surface area (Å²) in [4.78, 5) is 4.74. The molecule has 2 aromatic heterocycles. The van der Waals surface area contributed by atoms with Gasteiger partial charge in [-0.05, 0) is 67.7 Å². The molecule has 10 heteroatoms. The predicted octanol–water partition coefficient (Wildman–Crippen LogP) is 5.05. The molecule has 3 heterocycles. The molecule has 1 saturated heterocycles. The van der Waals surface area contributed by atoms with Crippen LogP contribution in [0.4, 0.5) is 14.5 Å². The number of likely N-dealkylation sites (tertiary alicyclic amines) is 1. The quantitative estimate of drug-likeness (QED) is 0.345. The molecule has 2 aromatic carbocycles. The van der Waals surface area contributed by atoms with Crippen molar-refractivity contribution in [3.05, 3.63) is 66.6 Å². The van der Waals surface area contributed by atoms with Crippen LogP contribution in [0, 0.1) is 0 Å². The van der Waals surface area contributed by atoms with Crippen LogP contribution in [-0.4, -0.2) is 59.4 Å². The average molecular weight is 514 g/mol. The molecule has 7 nitrogen and oxygen atoms in total. The molecule has 190 valence electrons. The van der Waals surface area contributed by atoms with E-state index in [1.165, 1.54) is 5.56 Å². The normalized spacial score (nSPS) is 15.7. The minimum atomic E-state index is -3.67. The Bertz CT molecular complexity index is 1440. The summed E-state index contributed by atoms with van der Waals surface area (Å²) in [6.45, 7) is 2.50. The van der Waals surface area contributed by atoms with Gasteiger partial charge in [0.1, 0.15) is 0 Å². The maximum absolute atomic E-state index is 13.1. The number of benzene rings is 2. The lowest BCUT2D eigenvalue weighted by Gasteiger charge is -2.31. The number of halogens is 2. The average Bonchev–Trinajstić information content (AvgIpc) is 3.51. The summed E-state index contributed by atoms with van der Waals surface area (Å²) < 4.78 is 56.0. The van der Waals surface area contributed by atoms with E-state index in [9.17, 15) is 17.2 Å². The Balaban J connectivity index is 1.34. The molecule has 1 fully saturated rings. The van der Waals surface area contributed by atoms with E-state index in [-0.39, 0.29) is 6.54 Å². The third-order valence-corrected chi connectivity index (χ3v) is 8.68. The van der Waals surface area contributed by atoms with Gasteiger partial charge in [-0.25, -0.2) is 21.9 Å². The van der Waals surface area contributed by atoms with Gasteiger partial charge in [-0.1, -0.05) is 25.1 Å². The van der Waals surface area contributed by atoms with E-state index in [0.29, 0.717) is 31.6 Å². The van der Waals surface area contributed by atoms with Crippen LogP contribution >= 0.6 is 0 Å². The fourth-order valence-corrected chi connectivity index (χ4v) is 6.19. The number of rotatable bonds is 8. The minimum absolute atomic E-state index is 0.313. The molecule has 1 aliphatic heterocycles. The highest BCUT2D eigenvalue weighted by atomic mass is 32.2. The number of hydrogen-bond donors (Lipinski definition) is 2. The van der Waals surface area contributed by atoms with Crippen molar-refractivity contribution in [1.82, 2.24) is 19.7 Å². The zero-order valence-corrected chi connectivity index (χ0v) is 20.8. The molecule has 4 aromatic rings. The van der Waals surface area contributed by atoms with Gasteiger partial charge in [-0.3, -0.25) is 9.62 Å². The predicted molar refractivity (Wildman–Crippen MR) is 138 cm³/mol. The number of aromatic nitrogens is 3. The number of anilines is 1. The lowest BCUT2D eigenvalue weighted by Crippen LogP contribution is -2.42. The van der Waals surface area contributed by atoms with E-state index in [2.05, 4.69) is 33.9 Å². The van der Waals surface area contributed by atoms with Gasteiger partial charge in [-0.2, -0.15) is 5.10 Å². The highest BCUT2D eigenvalue weighted by Crippen LogP contribution is 2.31. The van der Waals surface area contributed by atoms with Crippen LogP contribution in [0.3, 0.4) is 0 Å². The number of nitrogens with zero attached hydrogens (tertiary/aromatic N) is 3.